The number of nitrogens with zero attached hydrogens (tertiary/aromatic N) is 4. The second-order valence-electron chi connectivity index (χ2n) is 8.72. The van der Waals surface area contributed by atoms with Crippen LogP contribution < -0.4 is 5.73 Å². The van der Waals surface area contributed by atoms with Gasteiger partial charge in [0.2, 0.25) is 5.95 Å². The van der Waals surface area contributed by atoms with E-state index in [4.69, 9.17) is 10.5 Å². The maximum atomic E-state index is 13.8. The molecule has 7 nitrogen and oxygen atoms in total. The summed E-state index contributed by atoms with van der Waals surface area (Å²) in [4.78, 5) is 26.6. The lowest BCUT2D eigenvalue weighted by Gasteiger charge is -2.46. The van der Waals surface area contributed by atoms with E-state index in [1.54, 1.807) is 13.0 Å². The van der Waals surface area contributed by atoms with Gasteiger partial charge in [0.1, 0.15) is 5.82 Å². The number of nitrogens with two attached hydrogens (primary N) is 1. The number of rotatable bonds is 4. The molecule has 2 aromatic rings. The van der Waals surface area contributed by atoms with Crippen LogP contribution in [-0.2, 0) is 11.2 Å². The summed E-state index contributed by atoms with van der Waals surface area (Å²) in [6, 6.07) is 4.28. The van der Waals surface area contributed by atoms with Gasteiger partial charge in [-0.25, -0.2) is 14.4 Å². The molecule has 166 valence electrons. The monoisotopic (exact) mass is 491 g/mol. The Bertz CT molecular complexity index is 1010. The van der Waals surface area contributed by atoms with Crippen LogP contribution in [0.2, 0.25) is 0 Å². The summed E-state index contributed by atoms with van der Waals surface area (Å²) >= 11 is 3.49. The third-order valence-corrected chi connectivity index (χ3v) is 6.85. The van der Waals surface area contributed by atoms with Crippen LogP contribution in [0, 0.1) is 12.7 Å². The third kappa shape index (κ3) is 4.31. The largest absolute Gasteiger partial charge is 0.379 e. The number of ether oxygens (including phenoxy) is 1. The van der Waals surface area contributed by atoms with Crippen molar-refractivity contribution >= 4 is 27.8 Å². The van der Waals surface area contributed by atoms with Gasteiger partial charge >= 0.3 is 0 Å². The van der Waals surface area contributed by atoms with E-state index >= 15 is 0 Å². The van der Waals surface area contributed by atoms with Crippen molar-refractivity contribution in [2.75, 3.05) is 38.6 Å². The number of carbonyl (C=O) groups is 1. The van der Waals surface area contributed by atoms with Crippen LogP contribution in [0.25, 0.3) is 0 Å². The number of carbonyl (C=O) groups excluding carboxylic acids is 1. The zero-order chi connectivity index (χ0) is 22.3. The molecule has 0 bridgehead atoms. The van der Waals surface area contributed by atoms with Crippen molar-refractivity contribution in [3.63, 3.8) is 0 Å². The Hall–Kier alpha value is -2.10. The molecule has 0 saturated carbocycles. The molecule has 0 spiro atoms. The molecule has 0 aliphatic carbocycles. The van der Waals surface area contributed by atoms with Gasteiger partial charge in [-0.05, 0) is 38.5 Å². The van der Waals surface area contributed by atoms with Gasteiger partial charge in [0, 0.05) is 36.1 Å². The zero-order valence-electron chi connectivity index (χ0n) is 18.0. The van der Waals surface area contributed by atoms with E-state index in [-0.39, 0.29) is 29.3 Å². The maximum Gasteiger partial charge on any atom is 0.258 e. The fourth-order valence-corrected chi connectivity index (χ4v) is 5.19. The highest BCUT2D eigenvalue weighted by atomic mass is 79.9. The predicted molar refractivity (Wildman–Crippen MR) is 119 cm³/mol. The smallest absolute Gasteiger partial charge is 0.258 e. The highest BCUT2D eigenvalue weighted by Gasteiger charge is 2.41. The maximum absolute atomic E-state index is 13.8. The van der Waals surface area contributed by atoms with E-state index in [0.717, 1.165) is 18.7 Å². The lowest BCUT2D eigenvalue weighted by Crippen LogP contribution is -2.57. The van der Waals surface area contributed by atoms with Gasteiger partial charge in [-0.3, -0.25) is 9.69 Å². The van der Waals surface area contributed by atoms with Crippen LogP contribution in [-0.4, -0.2) is 64.1 Å². The fraction of sp³-hybridized carbons (Fsp3) is 0.500. The molecule has 4 rings (SSSR count). The quantitative estimate of drug-likeness (QED) is 0.706. The highest BCUT2D eigenvalue weighted by Crippen LogP contribution is 2.38. The minimum Gasteiger partial charge on any atom is -0.379 e. The van der Waals surface area contributed by atoms with E-state index in [0.29, 0.717) is 47.6 Å². The van der Waals surface area contributed by atoms with Crippen LogP contribution in [0.3, 0.4) is 0 Å². The Labute approximate surface area is 189 Å². The summed E-state index contributed by atoms with van der Waals surface area (Å²) in [6.45, 7) is 9.56. The molecule has 3 heterocycles. The third-order valence-electron chi connectivity index (χ3n) is 6.17. The van der Waals surface area contributed by atoms with Crippen LogP contribution in [0.1, 0.15) is 47.2 Å². The van der Waals surface area contributed by atoms with Crippen LogP contribution >= 0.6 is 15.9 Å². The molecule has 2 aliphatic rings. The molecule has 9 heteroatoms. The molecule has 2 aliphatic heterocycles. The zero-order valence-corrected chi connectivity index (χ0v) is 19.6. The van der Waals surface area contributed by atoms with Crippen LogP contribution in [0.15, 0.2) is 22.7 Å². The number of amides is 1. The molecule has 1 unspecified atom stereocenters. The number of fused-ring (bicyclic) bond motifs is 1. The molecule has 31 heavy (non-hydrogen) atoms. The Balaban J connectivity index is 1.77. The van der Waals surface area contributed by atoms with E-state index in [9.17, 15) is 9.18 Å². The highest BCUT2D eigenvalue weighted by molar-refractivity contribution is 9.10. The summed E-state index contributed by atoms with van der Waals surface area (Å²) in [7, 11) is 0. The number of hydrogen-bond donors (Lipinski definition) is 1. The van der Waals surface area contributed by atoms with Crippen molar-refractivity contribution in [3.05, 3.63) is 51.0 Å². The van der Waals surface area contributed by atoms with Crippen molar-refractivity contribution in [2.24, 2.45) is 0 Å². The molecule has 1 amide bonds. The Morgan fingerprint density at radius 3 is 2.68 bits per heavy atom. The van der Waals surface area contributed by atoms with E-state index in [2.05, 4.69) is 44.6 Å². The van der Waals surface area contributed by atoms with Crippen LogP contribution in [0.4, 0.5) is 10.3 Å². The molecule has 1 aromatic carbocycles. The van der Waals surface area contributed by atoms with Gasteiger partial charge in [-0.1, -0.05) is 22.0 Å². The first kappa shape index (κ1) is 22.1. The van der Waals surface area contributed by atoms with Gasteiger partial charge in [0.25, 0.3) is 5.91 Å². The molecule has 1 saturated heterocycles. The van der Waals surface area contributed by atoms with Crippen molar-refractivity contribution in [1.29, 1.82) is 0 Å². The number of nitrogen functional groups attached to an aromatic ring is 1. The number of morpholine rings is 1. The first-order valence-corrected chi connectivity index (χ1v) is 11.2. The fourth-order valence-electron chi connectivity index (χ4n) is 4.58. The summed E-state index contributed by atoms with van der Waals surface area (Å²) in [5, 5.41) is 0. The van der Waals surface area contributed by atoms with Crippen molar-refractivity contribution in [3.8, 4) is 0 Å². The minimum atomic E-state index is -0.333. The molecular formula is C22H27BrFN5O2. The first-order valence-electron chi connectivity index (χ1n) is 10.4. The number of hydrogen-bond acceptors (Lipinski definition) is 6. The first-order chi connectivity index (χ1) is 14.7. The molecule has 1 fully saturated rings. The topological polar surface area (TPSA) is 84.6 Å². The SMILES string of the molecule is Cc1nc(N)nc2c1C(=O)N(CC(C)(C)N1CCOCC1)C(c1ccc(F)cc1Br)C2. The van der Waals surface area contributed by atoms with E-state index in [1.165, 1.54) is 12.1 Å². The Morgan fingerprint density at radius 2 is 2.00 bits per heavy atom. The van der Waals surface area contributed by atoms with Crippen molar-refractivity contribution in [2.45, 2.75) is 38.8 Å². The molecule has 0 radical (unpaired) electrons. The Morgan fingerprint density at radius 1 is 1.29 bits per heavy atom. The van der Waals surface area contributed by atoms with Crippen LogP contribution in [0.5, 0.6) is 0 Å². The summed E-state index contributed by atoms with van der Waals surface area (Å²) in [5.41, 5.74) is 8.17. The summed E-state index contributed by atoms with van der Waals surface area (Å²) in [6.07, 6.45) is 0.484. The second-order valence-corrected chi connectivity index (χ2v) is 9.57. The number of aryl methyl sites for hydroxylation is 1. The van der Waals surface area contributed by atoms with Gasteiger partial charge in [0.05, 0.1) is 36.2 Å². The van der Waals surface area contributed by atoms with Gasteiger partial charge in [0.15, 0.2) is 0 Å². The number of aromatic nitrogens is 2. The summed E-state index contributed by atoms with van der Waals surface area (Å²) < 4.78 is 19.9. The lowest BCUT2D eigenvalue weighted by atomic mass is 9.89. The Kier molecular flexibility index (Phi) is 6.02. The minimum absolute atomic E-state index is 0.124. The van der Waals surface area contributed by atoms with Crippen molar-refractivity contribution < 1.29 is 13.9 Å². The van der Waals surface area contributed by atoms with Gasteiger partial charge in [-0.15, -0.1) is 0 Å². The van der Waals surface area contributed by atoms with Crippen molar-refractivity contribution in [1.82, 2.24) is 19.8 Å². The predicted octanol–water partition coefficient (Wildman–Crippen LogP) is 3.12. The molecule has 2 N–H and O–H groups in total. The lowest BCUT2D eigenvalue weighted by molar-refractivity contribution is -0.0245. The second kappa shape index (κ2) is 8.44. The van der Waals surface area contributed by atoms with Gasteiger partial charge < -0.3 is 15.4 Å². The molecular weight excluding hydrogens is 465 g/mol. The van der Waals surface area contributed by atoms with Gasteiger partial charge in [-0.2, -0.15) is 0 Å². The molecule has 1 atom stereocenters. The average Bonchev–Trinajstić information content (AvgIpc) is 2.70. The van der Waals surface area contributed by atoms with E-state index < -0.39 is 0 Å². The number of anilines is 1. The summed E-state index contributed by atoms with van der Waals surface area (Å²) in [5.74, 6) is -0.301. The standard InChI is InChI=1S/C22H27BrFN5O2/c1-13-19-17(27-21(25)26-13)11-18(15-5-4-14(24)10-16(15)23)29(20(19)30)12-22(2,3)28-6-8-31-9-7-28/h4-5,10,18H,6-9,11-12H2,1-3H3,(H2,25,26,27). The molecule has 1 aromatic heterocycles. The van der Waals surface area contributed by atoms with E-state index in [1.807, 2.05) is 4.90 Å². The number of benzene rings is 1. The number of halogens is 2. The normalized spacial score (nSPS) is 20.1. The average molecular weight is 492 g/mol.